The van der Waals surface area contributed by atoms with Crippen molar-refractivity contribution in [3.63, 3.8) is 0 Å². The summed E-state index contributed by atoms with van der Waals surface area (Å²) >= 11 is 3.98. The first-order valence-corrected chi connectivity index (χ1v) is 8.87. The summed E-state index contributed by atoms with van der Waals surface area (Å²) in [6.07, 6.45) is -0.297. The van der Waals surface area contributed by atoms with Crippen molar-refractivity contribution in [2.75, 3.05) is 12.3 Å². The van der Waals surface area contributed by atoms with Gasteiger partial charge in [0.15, 0.2) is 0 Å². The molecule has 154 valence electrons. The fourth-order valence-electron chi connectivity index (χ4n) is 2.10. The van der Waals surface area contributed by atoms with Crippen LogP contribution in [0.3, 0.4) is 0 Å². The number of hydrogen-bond acceptors (Lipinski definition) is 7. The minimum absolute atomic E-state index is 0.0639. The standard InChI is InChI=1S/C15H27N5O6S/c1-7(2)3-8(18-12(22)5-16)13(23)20-10(6-27)14(24)19-9(15(25)26)4-11(17)21/h7-10,27H,3-6,16H2,1-2H3,(H2,17,21)(H,18,22)(H,19,24)(H,20,23)(H,25,26). The van der Waals surface area contributed by atoms with Crippen LogP contribution in [-0.4, -0.2) is 65.1 Å². The van der Waals surface area contributed by atoms with Crippen LogP contribution in [0.4, 0.5) is 0 Å². The quantitative estimate of drug-likeness (QED) is 0.172. The van der Waals surface area contributed by atoms with Gasteiger partial charge in [-0.2, -0.15) is 12.6 Å². The Balaban J connectivity index is 5.10. The van der Waals surface area contributed by atoms with E-state index in [1.54, 1.807) is 0 Å². The van der Waals surface area contributed by atoms with Gasteiger partial charge in [-0.05, 0) is 12.3 Å². The van der Waals surface area contributed by atoms with Crippen LogP contribution in [0.25, 0.3) is 0 Å². The second-order valence-corrected chi connectivity index (χ2v) is 6.63. The van der Waals surface area contributed by atoms with E-state index < -0.39 is 54.1 Å². The van der Waals surface area contributed by atoms with Crippen LogP contribution in [0.2, 0.25) is 0 Å². The van der Waals surface area contributed by atoms with Crippen LogP contribution in [0.15, 0.2) is 0 Å². The van der Waals surface area contributed by atoms with Crippen molar-refractivity contribution in [2.24, 2.45) is 17.4 Å². The highest BCUT2D eigenvalue weighted by atomic mass is 32.1. The zero-order chi connectivity index (χ0) is 21.1. The lowest BCUT2D eigenvalue weighted by molar-refractivity contribution is -0.143. The number of amides is 4. The third-order valence-corrected chi connectivity index (χ3v) is 3.74. The number of nitrogens with one attached hydrogen (secondary N) is 3. The Labute approximate surface area is 162 Å². The number of carbonyl (C=O) groups is 5. The molecule has 0 aliphatic rings. The van der Waals surface area contributed by atoms with E-state index in [1.807, 2.05) is 13.8 Å². The summed E-state index contributed by atoms with van der Waals surface area (Å²) < 4.78 is 0. The molecule has 0 aliphatic carbocycles. The first-order chi connectivity index (χ1) is 12.5. The van der Waals surface area contributed by atoms with E-state index >= 15 is 0 Å². The van der Waals surface area contributed by atoms with Crippen LogP contribution < -0.4 is 27.4 Å². The summed E-state index contributed by atoms with van der Waals surface area (Å²) in [5, 5.41) is 16.0. The lowest BCUT2D eigenvalue weighted by Crippen LogP contribution is -2.57. The number of carbonyl (C=O) groups excluding carboxylic acids is 4. The van der Waals surface area contributed by atoms with Gasteiger partial charge in [-0.25, -0.2) is 4.79 Å². The smallest absolute Gasteiger partial charge is 0.326 e. The Morgan fingerprint density at radius 3 is 1.89 bits per heavy atom. The molecule has 0 saturated carbocycles. The Morgan fingerprint density at radius 2 is 1.48 bits per heavy atom. The molecule has 0 radical (unpaired) electrons. The van der Waals surface area contributed by atoms with Crippen LogP contribution in [-0.2, 0) is 24.0 Å². The molecular formula is C15H27N5O6S. The van der Waals surface area contributed by atoms with E-state index in [2.05, 4.69) is 28.6 Å². The highest BCUT2D eigenvalue weighted by Gasteiger charge is 2.29. The minimum Gasteiger partial charge on any atom is -0.480 e. The van der Waals surface area contributed by atoms with Crippen LogP contribution >= 0.6 is 12.6 Å². The number of aliphatic carboxylic acids is 1. The Bertz CT molecular complexity index is 571. The summed E-state index contributed by atoms with van der Waals surface area (Å²) in [4.78, 5) is 58.2. The summed E-state index contributed by atoms with van der Waals surface area (Å²) in [7, 11) is 0. The molecule has 0 aromatic carbocycles. The highest BCUT2D eigenvalue weighted by molar-refractivity contribution is 7.80. The first-order valence-electron chi connectivity index (χ1n) is 8.23. The van der Waals surface area contributed by atoms with Gasteiger partial charge in [0, 0.05) is 5.75 Å². The maximum absolute atomic E-state index is 12.4. The van der Waals surface area contributed by atoms with Gasteiger partial charge in [0.05, 0.1) is 13.0 Å². The predicted octanol–water partition coefficient (Wildman–Crippen LogP) is -2.66. The fraction of sp³-hybridized carbons (Fsp3) is 0.667. The summed E-state index contributed by atoms with van der Waals surface area (Å²) in [5.41, 5.74) is 10.2. The number of primary amides is 1. The van der Waals surface area contributed by atoms with Gasteiger partial charge >= 0.3 is 5.97 Å². The molecule has 0 aromatic heterocycles. The lowest BCUT2D eigenvalue weighted by Gasteiger charge is -2.24. The third kappa shape index (κ3) is 9.80. The van der Waals surface area contributed by atoms with Gasteiger partial charge < -0.3 is 32.5 Å². The normalized spacial score (nSPS) is 14.0. The molecule has 3 unspecified atom stereocenters. The zero-order valence-corrected chi connectivity index (χ0v) is 16.1. The average Bonchev–Trinajstić information content (AvgIpc) is 2.56. The molecule has 12 heteroatoms. The molecule has 3 atom stereocenters. The van der Waals surface area contributed by atoms with Gasteiger partial charge in [-0.15, -0.1) is 0 Å². The topological polar surface area (TPSA) is 194 Å². The van der Waals surface area contributed by atoms with Crippen LogP contribution in [0, 0.1) is 5.92 Å². The molecule has 0 heterocycles. The number of carboxylic acid groups (broad SMARTS) is 1. The van der Waals surface area contributed by atoms with Crippen LogP contribution in [0.5, 0.6) is 0 Å². The fourth-order valence-corrected chi connectivity index (χ4v) is 2.35. The van der Waals surface area contributed by atoms with Crippen molar-refractivity contribution >= 4 is 42.2 Å². The van der Waals surface area contributed by atoms with Crippen molar-refractivity contribution in [2.45, 2.75) is 44.8 Å². The molecule has 11 nitrogen and oxygen atoms in total. The Hall–Kier alpha value is -2.34. The van der Waals surface area contributed by atoms with E-state index in [4.69, 9.17) is 16.6 Å². The van der Waals surface area contributed by atoms with Gasteiger partial charge in [0.2, 0.25) is 23.6 Å². The van der Waals surface area contributed by atoms with Gasteiger partial charge in [0.25, 0.3) is 0 Å². The molecule has 27 heavy (non-hydrogen) atoms. The molecule has 0 fully saturated rings. The molecule has 0 bridgehead atoms. The van der Waals surface area contributed by atoms with Crippen molar-refractivity contribution in [1.82, 2.24) is 16.0 Å². The molecule has 8 N–H and O–H groups in total. The second-order valence-electron chi connectivity index (χ2n) is 6.27. The van der Waals surface area contributed by atoms with Crippen molar-refractivity contribution in [3.05, 3.63) is 0 Å². The van der Waals surface area contributed by atoms with E-state index in [-0.39, 0.29) is 18.2 Å². The monoisotopic (exact) mass is 405 g/mol. The Morgan fingerprint density at radius 1 is 0.963 bits per heavy atom. The van der Waals surface area contributed by atoms with Gasteiger partial charge in [0.1, 0.15) is 18.1 Å². The average molecular weight is 405 g/mol. The summed E-state index contributed by atoms with van der Waals surface area (Å²) in [5.74, 6) is -4.44. The molecule has 4 amide bonds. The molecule has 0 aliphatic heterocycles. The molecule has 0 saturated heterocycles. The van der Waals surface area contributed by atoms with E-state index in [0.29, 0.717) is 6.42 Å². The molecular weight excluding hydrogens is 378 g/mol. The van der Waals surface area contributed by atoms with E-state index in [0.717, 1.165) is 0 Å². The van der Waals surface area contributed by atoms with E-state index in [9.17, 15) is 24.0 Å². The zero-order valence-electron chi connectivity index (χ0n) is 15.2. The van der Waals surface area contributed by atoms with Crippen molar-refractivity contribution in [1.29, 1.82) is 0 Å². The van der Waals surface area contributed by atoms with Gasteiger partial charge in [-0.1, -0.05) is 13.8 Å². The number of thiol groups is 1. The summed E-state index contributed by atoms with van der Waals surface area (Å²) in [6.45, 7) is 3.39. The maximum Gasteiger partial charge on any atom is 0.326 e. The number of nitrogens with two attached hydrogens (primary N) is 2. The first kappa shape index (κ1) is 24.7. The Kier molecular flexibility index (Phi) is 11.1. The summed E-state index contributed by atoms with van der Waals surface area (Å²) in [6, 6.07) is -3.63. The molecule has 0 aromatic rings. The van der Waals surface area contributed by atoms with E-state index in [1.165, 1.54) is 0 Å². The van der Waals surface area contributed by atoms with Crippen molar-refractivity contribution < 1.29 is 29.1 Å². The van der Waals surface area contributed by atoms with Gasteiger partial charge in [-0.3, -0.25) is 19.2 Å². The third-order valence-electron chi connectivity index (χ3n) is 3.38. The highest BCUT2D eigenvalue weighted by Crippen LogP contribution is 2.06. The SMILES string of the molecule is CC(C)CC(NC(=O)CN)C(=O)NC(CS)C(=O)NC(CC(N)=O)C(=O)O. The second kappa shape index (κ2) is 12.1. The lowest BCUT2D eigenvalue weighted by atomic mass is 10.0. The maximum atomic E-state index is 12.4. The van der Waals surface area contributed by atoms with Crippen LogP contribution in [0.1, 0.15) is 26.7 Å². The minimum atomic E-state index is -1.53. The number of hydrogen-bond donors (Lipinski definition) is 7. The molecule has 0 spiro atoms. The number of rotatable bonds is 12. The predicted molar refractivity (Wildman–Crippen MR) is 99.6 cm³/mol. The van der Waals surface area contributed by atoms with Crippen molar-refractivity contribution in [3.8, 4) is 0 Å². The number of carboxylic acids is 1. The largest absolute Gasteiger partial charge is 0.480 e. The molecule has 0 rings (SSSR count).